The van der Waals surface area contributed by atoms with Crippen LogP contribution in [-0.4, -0.2) is 33.2 Å². The highest BCUT2D eigenvalue weighted by Gasteiger charge is 2.35. The van der Waals surface area contributed by atoms with Crippen LogP contribution in [-0.2, 0) is 14.8 Å². The van der Waals surface area contributed by atoms with Gasteiger partial charge in [-0.15, -0.1) is 0 Å². The van der Waals surface area contributed by atoms with E-state index in [0.717, 1.165) is 22.9 Å². The molecule has 0 saturated carbocycles. The Kier molecular flexibility index (Phi) is 5.89. The van der Waals surface area contributed by atoms with E-state index in [-0.39, 0.29) is 18.5 Å². The summed E-state index contributed by atoms with van der Waals surface area (Å²) >= 11 is 0. The first-order valence-electron chi connectivity index (χ1n) is 9.72. The summed E-state index contributed by atoms with van der Waals surface area (Å²) in [6.07, 6.45) is 0.942. The minimum Gasteiger partial charge on any atom is -0.476 e. The number of ether oxygens (including phenoxy) is 1. The van der Waals surface area contributed by atoms with Crippen molar-refractivity contribution in [2.45, 2.75) is 46.3 Å². The molecule has 156 valence electrons. The Morgan fingerprint density at radius 3 is 2.45 bits per heavy atom. The fourth-order valence-electron chi connectivity index (χ4n) is 3.69. The number of benzene rings is 2. The molecule has 3 rings (SSSR count). The number of carbonyl (C=O) groups is 1. The van der Waals surface area contributed by atoms with Gasteiger partial charge in [-0.3, -0.25) is 9.10 Å². The van der Waals surface area contributed by atoms with E-state index in [1.165, 1.54) is 9.87 Å². The first-order valence-corrected chi connectivity index (χ1v) is 11.6. The number of aryl methyl sites for hydroxylation is 3. The predicted octanol–water partition coefficient (Wildman–Crippen LogP) is 3.41. The molecule has 0 aliphatic carbocycles. The third-order valence-corrected chi connectivity index (χ3v) is 6.35. The number of sulfonamides is 1. The summed E-state index contributed by atoms with van der Waals surface area (Å²) in [5.74, 6) is 0.0729. The van der Waals surface area contributed by atoms with Crippen LogP contribution < -0.4 is 14.4 Å². The smallest absolute Gasteiger partial charge is 0.263 e. The maximum absolute atomic E-state index is 13.0. The Hall–Kier alpha value is -2.54. The van der Waals surface area contributed by atoms with Crippen LogP contribution in [0.5, 0.6) is 5.75 Å². The molecule has 1 amide bonds. The van der Waals surface area contributed by atoms with Crippen molar-refractivity contribution in [3.8, 4) is 5.75 Å². The fourth-order valence-corrected chi connectivity index (χ4v) is 4.60. The van der Waals surface area contributed by atoms with Crippen LogP contribution in [0.4, 0.5) is 5.69 Å². The Labute approximate surface area is 172 Å². The normalized spacial score (nSPS) is 17.3. The zero-order chi connectivity index (χ0) is 21.3. The molecular weight excluding hydrogens is 388 g/mol. The summed E-state index contributed by atoms with van der Waals surface area (Å²) < 4.78 is 31.8. The van der Waals surface area contributed by atoms with Crippen molar-refractivity contribution in [2.24, 2.45) is 0 Å². The summed E-state index contributed by atoms with van der Waals surface area (Å²) in [5, 5.41) is 3.04. The first-order chi connectivity index (χ1) is 13.6. The van der Waals surface area contributed by atoms with Gasteiger partial charge in [-0.1, -0.05) is 36.8 Å². The third kappa shape index (κ3) is 4.56. The molecule has 0 saturated heterocycles. The lowest BCUT2D eigenvalue weighted by molar-refractivity contribution is -0.128. The van der Waals surface area contributed by atoms with Gasteiger partial charge in [-0.25, -0.2) is 8.42 Å². The van der Waals surface area contributed by atoms with E-state index < -0.39 is 16.1 Å². The highest BCUT2D eigenvalue weighted by molar-refractivity contribution is 7.92. The summed E-state index contributed by atoms with van der Waals surface area (Å²) in [5.41, 5.74) is 4.72. The highest BCUT2D eigenvalue weighted by Crippen LogP contribution is 2.36. The molecule has 1 N–H and O–H groups in total. The Morgan fingerprint density at radius 2 is 1.83 bits per heavy atom. The number of anilines is 1. The summed E-state index contributed by atoms with van der Waals surface area (Å²) in [6.45, 7) is 7.90. The first kappa shape index (κ1) is 21.2. The van der Waals surface area contributed by atoms with E-state index in [2.05, 4.69) is 11.4 Å². The van der Waals surface area contributed by atoms with Crippen LogP contribution in [0.25, 0.3) is 0 Å². The molecule has 7 heteroatoms. The summed E-state index contributed by atoms with van der Waals surface area (Å²) in [7, 11) is -3.55. The van der Waals surface area contributed by atoms with Crippen LogP contribution in [0.1, 0.15) is 41.6 Å². The van der Waals surface area contributed by atoms with Crippen molar-refractivity contribution in [1.29, 1.82) is 0 Å². The van der Waals surface area contributed by atoms with Gasteiger partial charge in [0.1, 0.15) is 5.75 Å². The lowest BCUT2D eigenvalue weighted by atomic mass is 9.97. The molecule has 29 heavy (non-hydrogen) atoms. The third-order valence-electron chi connectivity index (χ3n) is 5.20. The molecule has 6 nitrogen and oxygen atoms in total. The Balaban J connectivity index is 1.86. The van der Waals surface area contributed by atoms with E-state index >= 15 is 0 Å². The number of hydrogen-bond acceptors (Lipinski definition) is 4. The second-order valence-electron chi connectivity index (χ2n) is 7.70. The largest absolute Gasteiger partial charge is 0.476 e. The van der Waals surface area contributed by atoms with Crippen molar-refractivity contribution in [2.75, 3.05) is 17.1 Å². The number of rotatable bonds is 5. The van der Waals surface area contributed by atoms with Crippen molar-refractivity contribution in [1.82, 2.24) is 5.32 Å². The van der Waals surface area contributed by atoms with Crippen molar-refractivity contribution in [3.05, 3.63) is 58.7 Å². The van der Waals surface area contributed by atoms with E-state index in [4.69, 9.17) is 4.74 Å². The molecule has 0 spiro atoms. The molecule has 2 atom stereocenters. The minimum atomic E-state index is -3.55. The minimum absolute atomic E-state index is 0.0512. The van der Waals surface area contributed by atoms with Crippen molar-refractivity contribution >= 4 is 21.6 Å². The Morgan fingerprint density at radius 1 is 1.17 bits per heavy atom. The molecule has 0 radical (unpaired) electrons. The average molecular weight is 417 g/mol. The molecule has 2 aromatic carbocycles. The quantitative estimate of drug-likeness (QED) is 0.811. The zero-order valence-corrected chi connectivity index (χ0v) is 18.3. The molecule has 2 unspecified atom stereocenters. The number of amides is 1. The molecule has 0 aromatic heterocycles. The van der Waals surface area contributed by atoms with E-state index in [1.54, 1.807) is 12.1 Å². The zero-order valence-electron chi connectivity index (χ0n) is 17.5. The van der Waals surface area contributed by atoms with Crippen LogP contribution in [0.2, 0.25) is 0 Å². The van der Waals surface area contributed by atoms with Crippen LogP contribution >= 0.6 is 0 Å². The number of hydrogen-bond donors (Lipinski definition) is 1. The second-order valence-corrected chi connectivity index (χ2v) is 9.61. The van der Waals surface area contributed by atoms with Gasteiger partial charge in [0.25, 0.3) is 5.91 Å². The van der Waals surface area contributed by atoms with Crippen LogP contribution in [0, 0.1) is 20.8 Å². The van der Waals surface area contributed by atoms with Crippen molar-refractivity contribution < 1.29 is 17.9 Å². The number of carbonyl (C=O) groups excluding carboxylic acids is 1. The number of nitrogens with zero attached hydrogens (tertiary/aromatic N) is 1. The fraction of sp³-hybridized carbons (Fsp3) is 0.409. The van der Waals surface area contributed by atoms with Crippen molar-refractivity contribution in [3.63, 3.8) is 0 Å². The summed E-state index contributed by atoms with van der Waals surface area (Å²) in [6, 6.07) is 11.3. The van der Waals surface area contributed by atoms with Gasteiger partial charge in [0.05, 0.1) is 24.5 Å². The van der Waals surface area contributed by atoms with Gasteiger partial charge in [0.15, 0.2) is 6.10 Å². The van der Waals surface area contributed by atoms with Crippen LogP contribution in [0.15, 0.2) is 36.4 Å². The molecule has 0 bridgehead atoms. The highest BCUT2D eigenvalue weighted by atomic mass is 32.2. The van der Waals surface area contributed by atoms with Gasteiger partial charge in [-0.2, -0.15) is 0 Å². The SMILES string of the molecule is CCC(NC(=O)C1CN(S(C)(=O)=O)c2cc(C)ccc2O1)c1ccc(C)cc1C. The average Bonchev–Trinajstić information content (AvgIpc) is 2.64. The van der Waals surface area contributed by atoms with Gasteiger partial charge >= 0.3 is 0 Å². The van der Waals surface area contributed by atoms with Gasteiger partial charge in [0, 0.05) is 0 Å². The van der Waals surface area contributed by atoms with E-state index in [9.17, 15) is 13.2 Å². The predicted molar refractivity (Wildman–Crippen MR) is 115 cm³/mol. The van der Waals surface area contributed by atoms with Gasteiger partial charge < -0.3 is 10.1 Å². The molecule has 1 heterocycles. The molecule has 1 aliphatic heterocycles. The maximum Gasteiger partial charge on any atom is 0.263 e. The van der Waals surface area contributed by atoms with E-state index in [1.807, 2.05) is 45.9 Å². The number of fused-ring (bicyclic) bond motifs is 1. The lowest BCUT2D eigenvalue weighted by Crippen LogP contribution is -2.51. The Bertz CT molecular complexity index is 1030. The topological polar surface area (TPSA) is 75.7 Å². The molecule has 0 fully saturated rings. The van der Waals surface area contributed by atoms with E-state index in [0.29, 0.717) is 17.9 Å². The van der Waals surface area contributed by atoms with Crippen LogP contribution in [0.3, 0.4) is 0 Å². The molecule has 1 aliphatic rings. The second kappa shape index (κ2) is 8.06. The molecule has 2 aromatic rings. The summed E-state index contributed by atoms with van der Waals surface area (Å²) in [4.78, 5) is 13.0. The standard InChI is InChI=1S/C22H28N2O4S/c1-6-18(17-9-7-14(2)11-16(17)4)23-22(25)21-13-24(29(5,26)27)19-12-15(3)8-10-20(19)28-21/h7-12,18,21H,6,13H2,1-5H3,(H,23,25). The molecular formula is C22H28N2O4S. The van der Waals surface area contributed by atoms with Gasteiger partial charge in [-0.05, 0) is 56.0 Å². The number of nitrogens with one attached hydrogen (secondary N) is 1. The van der Waals surface area contributed by atoms with Gasteiger partial charge in [0.2, 0.25) is 10.0 Å². The monoisotopic (exact) mass is 416 g/mol. The maximum atomic E-state index is 13.0. The lowest BCUT2D eigenvalue weighted by Gasteiger charge is -2.35.